The smallest absolute Gasteiger partial charge is 0.123 e. The number of nitrogens with one attached hydrogen (secondary N) is 3. The third-order valence-electron chi connectivity index (χ3n) is 5.76. The molecule has 5 heterocycles. The van der Waals surface area contributed by atoms with Gasteiger partial charge in [0.15, 0.2) is 0 Å². The van der Waals surface area contributed by atoms with E-state index >= 15 is 0 Å². The molecule has 31 heavy (non-hydrogen) atoms. The fraction of sp³-hybridized carbons (Fsp3) is 0.125. The van der Waals surface area contributed by atoms with E-state index in [1.807, 2.05) is 12.3 Å². The zero-order chi connectivity index (χ0) is 20.8. The summed E-state index contributed by atoms with van der Waals surface area (Å²) < 4.78 is 13.4. The molecule has 1 aliphatic heterocycles. The lowest BCUT2D eigenvalue weighted by Gasteiger charge is -2.13. The summed E-state index contributed by atoms with van der Waals surface area (Å²) in [6, 6.07) is 12.5. The van der Waals surface area contributed by atoms with Crippen LogP contribution < -0.4 is 5.32 Å². The first-order valence-electron chi connectivity index (χ1n) is 10.2. The van der Waals surface area contributed by atoms with E-state index in [4.69, 9.17) is 0 Å². The van der Waals surface area contributed by atoms with Gasteiger partial charge < -0.3 is 10.3 Å². The van der Waals surface area contributed by atoms with E-state index < -0.39 is 0 Å². The highest BCUT2D eigenvalue weighted by molar-refractivity contribution is 6.00. The van der Waals surface area contributed by atoms with Gasteiger partial charge in [0.05, 0.1) is 28.8 Å². The molecule has 1 aromatic carbocycles. The SMILES string of the molecule is Fc1ccc(-c2nccc3[nH]c(-c4n[nH]c5cnc(C6=CCNCC6)cc45)cc23)cc1. The van der Waals surface area contributed by atoms with Gasteiger partial charge in [0, 0.05) is 34.6 Å². The summed E-state index contributed by atoms with van der Waals surface area (Å²) in [6.45, 7) is 1.83. The summed E-state index contributed by atoms with van der Waals surface area (Å²) in [7, 11) is 0. The zero-order valence-electron chi connectivity index (χ0n) is 16.6. The topological polar surface area (TPSA) is 82.3 Å². The van der Waals surface area contributed by atoms with Crippen LogP contribution in [0.4, 0.5) is 4.39 Å². The summed E-state index contributed by atoms with van der Waals surface area (Å²) in [5.74, 6) is -0.262. The van der Waals surface area contributed by atoms with Crippen molar-refractivity contribution in [1.82, 2.24) is 30.5 Å². The Balaban J connectivity index is 1.48. The van der Waals surface area contributed by atoms with E-state index in [1.54, 1.807) is 18.3 Å². The van der Waals surface area contributed by atoms with Gasteiger partial charge in [0.2, 0.25) is 0 Å². The third-order valence-corrected chi connectivity index (χ3v) is 5.76. The van der Waals surface area contributed by atoms with E-state index in [0.717, 1.165) is 69.7 Å². The maximum absolute atomic E-state index is 13.4. The lowest BCUT2D eigenvalue weighted by molar-refractivity contribution is 0.628. The normalized spacial score (nSPS) is 14.3. The Kier molecular flexibility index (Phi) is 4.14. The van der Waals surface area contributed by atoms with Crippen LogP contribution >= 0.6 is 0 Å². The van der Waals surface area contributed by atoms with Gasteiger partial charge in [-0.25, -0.2) is 4.39 Å². The van der Waals surface area contributed by atoms with Gasteiger partial charge in [-0.05, 0) is 61.0 Å². The van der Waals surface area contributed by atoms with Gasteiger partial charge in [-0.3, -0.25) is 15.1 Å². The number of pyridine rings is 2. The molecular formula is C24H19FN6. The minimum Gasteiger partial charge on any atom is -0.353 e. The van der Waals surface area contributed by atoms with Crippen molar-refractivity contribution in [3.8, 4) is 22.6 Å². The molecule has 0 bridgehead atoms. The fourth-order valence-corrected chi connectivity index (χ4v) is 4.17. The van der Waals surface area contributed by atoms with Crippen molar-refractivity contribution in [2.45, 2.75) is 6.42 Å². The minimum atomic E-state index is -0.262. The predicted octanol–water partition coefficient (Wildman–Crippen LogP) is 4.68. The highest BCUT2D eigenvalue weighted by Crippen LogP contribution is 2.33. The van der Waals surface area contributed by atoms with Crippen LogP contribution in [0.15, 0.2) is 60.9 Å². The minimum absolute atomic E-state index is 0.262. The Morgan fingerprint density at radius 1 is 0.903 bits per heavy atom. The fourth-order valence-electron chi connectivity index (χ4n) is 4.17. The van der Waals surface area contributed by atoms with Crippen molar-refractivity contribution in [1.29, 1.82) is 0 Å². The van der Waals surface area contributed by atoms with Crippen LogP contribution in [0.2, 0.25) is 0 Å². The molecule has 0 saturated carbocycles. The molecule has 0 fully saturated rings. The van der Waals surface area contributed by atoms with Crippen LogP contribution in [0, 0.1) is 5.82 Å². The number of hydrogen-bond acceptors (Lipinski definition) is 4. The summed E-state index contributed by atoms with van der Waals surface area (Å²) in [5, 5.41) is 13.0. The van der Waals surface area contributed by atoms with Crippen molar-refractivity contribution < 1.29 is 4.39 Å². The second-order valence-electron chi connectivity index (χ2n) is 7.68. The zero-order valence-corrected chi connectivity index (χ0v) is 16.6. The molecular weight excluding hydrogens is 391 g/mol. The number of fused-ring (bicyclic) bond motifs is 2. The molecule has 5 aromatic rings. The van der Waals surface area contributed by atoms with Crippen molar-refractivity contribution in [2.24, 2.45) is 0 Å². The molecule has 1 aliphatic rings. The highest BCUT2D eigenvalue weighted by atomic mass is 19.1. The molecule has 0 aliphatic carbocycles. The van der Waals surface area contributed by atoms with Gasteiger partial charge in [0.1, 0.15) is 11.5 Å². The van der Waals surface area contributed by atoms with Crippen molar-refractivity contribution in [3.05, 3.63) is 72.4 Å². The molecule has 6 nitrogen and oxygen atoms in total. The standard InChI is InChI=1S/C24H19FN6/c25-16-3-1-15(2-4-16)23-17-12-21(29-19(17)7-10-27-23)24-18-11-20(14-5-8-26-9-6-14)28-13-22(18)30-31-24/h1-5,7,10-13,26,29H,6,8-9H2,(H,30,31). The second-order valence-corrected chi connectivity index (χ2v) is 7.68. The molecule has 0 unspecified atom stereocenters. The van der Waals surface area contributed by atoms with Crippen LogP contribution in [0.25, 0.3) is 50.0 Å². The molecule has 0 amide bonds. The Bertz CT molecular complexity index is 1440. The van der Waals surface area contributed by atoms with Crippen LogP contribution in [0.1, 0.15) is 12.1 Å². The number of H-pyrrole nitrogens is 2. The highest BCUT2D eigenvalue weighted by Gasteiger charge is 2.16. The molecule has 0 saturated heterocycles. The molecule has 0 radical (unpaired) electrons. The lowest BCUT2D eigenvalue weighted by atomic mass is 10.0. The number of halogens is 1. The van der Waals surface area contributed by atoms with Crippen LogP contribution in [-0.4, -0.2) is 38.2 Å². The number of nitrogens with zero attached hydrogens (tertiary/aromatic N) is 3. The Morgan fingerprint density at radius 3 is 2.61 bits per heavy atom. The maximum atomic E-state index is 13.4. The van der Waals surface area contributed by atoms with Crippen LogP contribution in [0.3, 0.4) is 0 Å². The number of aromatic nitrogens is 5. The number of benzene rings is 1. The molecule has 0 atom stereocenters. The van der Waals surface area contributed by atoms with E-state index in [2.05, 4.69) is 48.7 Å². The molecule has 7 heteroatoms. The van der Waals surface area contributed by atoms with Gasteiger partial charge in [-0.2, -0.15) is 5.10 Å². The first kappa shape index (κ1) is 18.0. The Labute approximate surface area is 177 Å². The van der Waals surface area contributed by atoms with E-state index in [9.17, 15) is 4.39 Å². The third kappa shape index (κ3) is 3.10. The summed E-state index contributed by atoms with van der Waals surface area (Å²) >= 11 is 0. The first-order valence-corrected chi connectivity index (χ1v) is 10.2. The Morgan fingerprint density at radius 2 is 1.77 bits per heavy atom. The number of hydrogen-bond donors (Lipinski definition) is 3. The van der Waals surface area contributed by atoms with Crippen LogP contribution in [0.5, 0.6) is 0 Å². The molecule has 152 valence electrons. The summed E-state index contributed by atoms with van der Waals surface area (Å²) in [6.07, 6.45) is 6.76. The van der Waals surface area contributed by atoms with E-state index in [-0.39, 0.29) is 5.82 Å². The molecule has 3 N–H and O–H groups in total. The van der Waals surface area contributed by atoms with Crippen molar-refractivity contribution in [2.75, 3.05) is 13.1 Å². The maximum Gasteiger partial charge on any atom is 0.123 e. The van der Waals surface area contributed by atoms with Crippen molar-refractivity contribution in [3.63, 3.8) is 0 Å². The van der Waals surface area contributed by atoms with Gasteiger partial charge in [0.25, 0.3) is 0 Å². The lowest BCUT2D eigenvalue weighted by Crippen LogP contribution is -2.20. The average Bonchev–Trinajstić information content (AvgIpc) is 3.43. The van der Waals surface area contributed by atoms with Crippen molar-refractivity contribution >= 4 is 27.4 Å². The van der Waals surface area contributed by atoms with Gasteiger partial charge in [-0.15, -0.1) is 0 Å². The molecule has 4 aromatic heterocycles. The molecule has 6 rings (SSSR count). The summed E-state index contributed by atoms with van der Waals surface area (Å²) in [4.78, 5) is 12.6. The number of rotatable bonds is 3. The molecule has 0 spiro atoms. The summed E-state index contributed by atoms with van der Waals surface area (Å²) in [5.41, 5.74) is 7.51. The largest absolute Gasteiger partial charge is 0.353 e. The monoisotopic (exact) mass is 410 g/mol. The van der Waals surface area contributed by atoms with E-state index in [1.165, 1.54) is 17.7 Å². The quantitative estimate of drug-likeness (QED) is 0.403. The number of aromatic amines is 2. The average molecular weight is 410 g/mol. The first-order chi connectivity index (χ1) is 15.3. The van der Waals surface area contributed by atoms with E-state index in [0.29, 0.717) is 0 Å². The van der Waals surface area contributed by atoms with Crippen LogP contribution in [-0.2, 0) is 0 Å². The second kappa shape index (κ2) is 7.14. The van der Waals surface area contributed by atoms with Gasteiger partial charge >= 0.3 is 0 Å². The van der Waals surface area contributed by atoms with Gasteiger partial charge in [-0.1, -0.05) is 6.08 Å². The predicted molar refractivity (Wildman–Crippen MR) is 120 cm³/mol. The Hall–Kier alpha value is -3.84.